The van der Waals surface area contributed by atoms with Crippen LogP contribution in [0.25, 0.3) is 0 Å². The number of phenolic OH excluding ortho intramolecular Hbond substituents is 1. The van der Waals surface area contributed by atoms with Crippen molar-refractivity contribution in [3.8, 4) is 11.5 Å². The predicted octanol–water partition coefficient (Wildman–Crippen LogP) is 2.88. The number of hydrogen-bond acceptors (Lipinski definition) is 5. The highest BCUT2D eigenvalue weighted by Crippen LogP contribution is 2.35. The molecule has 1 atom stereocenters. The van der Waals surface area contributed by atoms with Gasteiger partial charge in [0.2, 0.25) is 5.78 Å². The maximum absolute atomic E-state index is 12.7. The number of ketones is 1. The van der Waals surface area contributed by atoms with Gasteiger partial charge in [0.15, 0.2) is 17.3 Å². The fraction of sp³-hybridized carbons (Fsp3) is 0.444. The molecule has 0 amide bonds. The number of likely N-dealkylation sites (tertiary alicyclic amines) is 1. The standard InChI is InChI=1S/C18H22ClN3O3/c1-21-7-5-20-18(21)16(23)13-4-3-6-22(11-13)10-12-8-14(19)17(24)15(9-12)25-2/h5,7-9,13,24H,3-4,6,10-11H2,1-2H3. The second-order valence-corrected chi connectivity index (χ2v) is 6.84. The Hall–Kier alpha value is -2.05. The first-order valence-corrected chi connectivity index (χ1v) is 8.66. The van der Waals surface area contributed by atoms with E-state index in [1.165, 1.54) is 7.11 Å². The number of hydrogen-bond donors (Lipinski definition) is 1. The molecule has 1 N–H and O–H groups in total. The van der Waals surface area contributed by atoms with E-state index in [0.29, 0.717) is 24.7 Å². The highest BCUT2D eigenvalue weighted by Gasteiger charge is 2.28. The van der Waals surface area contributed by atoms with Crippen molar-refractivity contribution in [3.05, 3.63) is 40.9 Å². The fourth-order valence-electron chi connectivity index (χ4n) is 3.33. The Labute approximate surface area is 152 Å². The Morgan fingerprint density at radius 2 is 2.28 bits per heavy atom. The summed E-state index contributed by atoms with van der Waals surface area (Å²) in [5, 5.41) is 10.1. The van der Waals surface area contributed by atoms with E-state index in [1.54, 1.807) is 29.1 Å². The first-order valence-electron chi connectivity index (χ1n) is 8.29. The van der Waals surface area contributed by atoms with E-state index in [0.717, 1.165) is 24.9 Å². The van der Waals surface area contributed by atoms with Crippen LogP contribution < -0.4 is 4.74 Å². The van der Waals surface area contributed by atoms with E-state index in [-0.39, 0.29) is 22.5 Å². The molecule has 25 heavy (non-hydrogen) atoms. The van der Waals surface area contributed by atoms with Crippen LogP contribution in [0, 0.1) is 5.92 Å². The van der Waals surface area contributed by atoms with Crippen LogP contribution in [0.5, 0.6) is 11.5 Å². The molecule has 0 bridgehead atoms. The summed E-state index contributed by atoms with van der Waals surface area (Å²) in [6.07, 6.45) is 5.28. The van der Waals surface area contributed by atoms with Crippen LogP contribution in [0.4, 0.5) is 0 Å². The summed E-state index contributed by atoms with van der Waals surface area (Å²) < 4.78 is 6.93. The van der Waals surface area contributed by atoms with E-state index < -0.39 is 0 Å². The molecule has 0 radical (unpaired) electrons. The molecule has 1 aromatic heterocycles. The van der Waals surface area contributed by atoms with Crippen molar-refractivity contribution in [2.24, 2.45) is 13.0 Å². The highest BCUT2D eigenvalue weighted by atomic mass is 35.5. The van der Waals surface area contributed by atoms with Gasteiger partial charge in [0.25, 0.3) is 0 Å². The number of imidazole rings is 1. The summed E-state index contributed by atoms with van der Waals surface area (Å²) in [7, 11) is 3.34. The van der Waals surface area contributed by atoms with E-state index in [2.05, 4.69) is 9.88 Å². The van der Waals surface area contributed by atoms with Gasteiger partial charge in [-0.25, -0.2) is 4.98 Å². The zero-order valence-corrected chi connectivity index (χ0v) is 15.2. The molecule has 0 saturated carbocycles. The molecule has 2 heterocycles. The third-order valence-corrected chi connectivity index (χ3v) is 4.92. The molecule has 1 aliphatic rings. The van der Waals surface area contributed by atoms with Crippen LogP contribution in [0.1, 0.15) is 29.0 Å². The number of ether oxygens (including phenoxy) is 1. The third-order valence-electron chi connectivity index (χ3n) is 4.63. The number of benzene rings is 1. The minimum atomic E-state index is -0.0515. The molecular weight excluding hydrogens is 342 g/mol. The number of carbonyl (C=O) groups excluding carboxylic acids is 1. The van der Waals surface area contributed by atoms with Gasteiger partial charge in [-0.3, -0.25) is 9.69 Å². The van der Waals surface area contributed by atoms with Crippen LogP contribution >= 0.6 is 11.6 Å². The molecule has 3 rings (SSSR count). The lowest BCUT2D eigenvalue weighted by atomic mass is 9.93. The van der Waals surface area contributed by atoms with Gasteiger partial charge in [-0.2, -0.15) is 0 Å². The molecule has 1 aromatic carbocycles. The highest BCUT2D eigenvalue weighted by molar-refractivity contribution is 6.32. The number of aromatic hydroxyl groups is 1. The van der Waals surface area contributed by atoms with Crippen LogP contribution in [0.3, 0.4) is 0 Å². The second kappa shape index (κ2) is 7.45. The molecule has 1 fully saturated rings. The molecule has 134 valence electrons. The average molecular weight is 364 g/mol. The van der Waals surface area contributed by atoms with Gasteiger partial charge in [0, 0.05) is 38.4 Å². The van der Waals surface area contributed by atoms with Gasteiger partial charge in [-0.1, -0.05) is 11.6 Å². The SMILES string of the molecule is COc1cc(CN2CCCC(C(=O)c3nccn3C)C2)cc(Cl)c1O. The zero-order valence-electron chi connectivity index (χ0n) is 14.4. The van der Waals surface area contributed by atoms with Gasteiger partial charge in [-0.05, 0) is 37.1 Å². The first-order chi connectivity index (χ1) is 12.0. The third kappa shape index (κ3) is 3.80. The molecule has 7 heteroatoms. The van der Waals surface area contributed by atoms with Crippen LogP contribution in [-0.4, -0.2) is 45.5 Å². The van der Waals surface area contributed by atoms with Gasteiger partial charge in [0.05, 0.1) is 12.1 Å². The lowest BCUT2D eigenvalue weighted by molar-refractivity contribution is 0.0797. The van der Waals surface area contributed by atoms with Crippen molar-refractivity contribution in [2.75, 3.05) is 20.2 Å². The van der Waals surface area contributed by atoms with Crippen molar-refractivity contribution in [3.63, 3.8) is 0 Å². The fourth-order valence-corrected chi connectivity index (χ4v) is 3.56. The quantitative estimate of drug-likeness (QED) is 0.827. The number of aryl methyl sites for hydroxylation is 1. The zero-order chi connectivity index (χ0) is 18.0. The second-order valence-electron chi connectivity index (χ2n) is 6.43. The Balaban J connectivity index is 1.71. The number of nitrogens with zero attached hydrogens (tertiary/aromatic N) is 3. The van der Waals surface area contributed by atoms with Gasteiger partial charge in [0.1, 0.15) is 0 Å². The van der Waals surface area contributed by atoms with E-state index >= 15 is 0 Å². The Morgan fingerprint density at radius 3 is 2.96 bits per heavy atom. The monoisotopic (exact) mass is 363 g/mol. The Kier molecular flexibility index (Phi) is 5.30. The van der Waals surface area contributed by atoms with E-state index in [9.17, 15) is 9.90 Å². The Morgan fingerprint density at radius 1 is 1.48 bits per heavy atom. The molecule has 6 nitrogen and oxygen atoms in total. The number of Topliss-reactive ketones (excluding diaryl/α,β-unsaturated/α-hetero) is 1. The number of phenols is 1. The number of aromatic nitrogens is 2. The average Bonchev–Trinajstić information content (AvgIpc) is 3.03. The molecule has 2 aromatic rings. The maximum Gasteiger partial charge on any atom is 0.202 e. The van der Waals surface area contributed by atoms with Crippen molar-refractivity contribution < 1.29 is 14.6 Å². The lowest BCUT2D eigenvalue weighted by Gasteiger charge is -2.32. The number of piperidine rings is 1. The molecule has 1 aliphatic heterocycles. The lowest BCUT2D eigenvalue weighted by Crippen LogP contribution is -2.38. The maximum atomic E-state index is 12.7. The predicted molar refractivity (Wildman–Crippen MR) is 95.2 cm³/mol. The topological polar surface area (TPSA) is 67.6 Å². The molecular formula is C18H22ClN3O3. The van der Waals surface area contributed by atoms with Crippen LogP contribution in [0.15, 0.2) is 24.5 Å². The molecule has 0 spiro atoms. The Bertz CT molecular complexity index is 775. The summed E-state index contributed by atoms with van der Waals surface area (Å²) >= 11 is 6.07. The largest absolute Gasteiger partial charge is 0.503 e. The van der Waals surface area contributed by atoms with E-state index in [1.807, 2.05) is 7.05 Å². The first kappa shape index (κ1) is 17.8. The van der Waals surface area contributed by atoms with E-state index in [4.69, 9.17) is 16.3 Å². The van der Waals surface area contributed by atoms with Gasteiger partial charge in [-0.15, -0.1) is 0 Å². The van der Waals surface area contributed by atoms with Crippen molar-refractivity contribution >= 4 is 17.4 Å². The van der Waals surface area contributed by atoms with Crippen molar-refractivity contribution in [1.82, 2.24) is 14.5 Å². The van der Waals surface area contributed by atoms with Crippen LogP contribution in [-0.2, 0) is 13.6 Å². The number of rotatable bonds is 5. The minimum absolute atomic E-state index is 0.0469. The van der Waals surface area contributed by atoms with Crippen LogP contribution in [0.2, 0.25) is 5.02 Å². The number of carbonyl (C=O) groups is 1. The normalized spacial score (nSPS) is 18.3. The number of halogens is 1. The van der Waals surface area contributed by atoms with Gasteiger partial charge < -0.3 is 14.4 Å². The molecule has 1 unspecified atom stereocenters. The summed E-state index contributed by atoms with van der Waals surface area (Å²) in [5.41, 5.74) is 0.949. The van der Waals surface area contributed by atoms with Crippen molar-refractivity contribution in [2.45, 2.75) is 19.4 Å². The summed E-state index contributed by atoms with van der Waals surface area (Å²) in [4.78, 5) is 19.1. The summed E-state index contributed by atoms with van der Waals surface area (Å²) in [5.74, 6) is 0.874. The summed E-state index contributed by atoms with van der Waals surface area (Å²) in [6, 6.07) is 3.52. The summed E-state index contributed by atoms with van der Waals surface area (Å²) in [6.45, 7) is 2.26. The van der Waals surface area contributed by atoms with Crippen molar-refractivity contribution in [1.29, 1.82) is 0 Å². The van der Waals surface area contributed by atoms with Gasteiger partial charge >= 0.3 is 0 Å². The smallest absolute Gasteiger partial charge is 0.202 e. The molecule has 1 saturated heterocycles. The minimum Gasteiger partial charge on any atom is -0.503 e. The number of methoxy groups -OCH3 is 1. The molecule has 0 aliphatic carbocycles.